The smallest absolute Gasteiger partial charge is 0.120 e. The Morgan fingerprint density at radius 2 is 1.41 bits per heavy atom. The molecule has 1 fully saturated rings. The van der Waals surface area contributed by atoms with Gasteiger partial charge in [0.15, 0.2) is 0 Å². The average Bonchev–Trinajstić information content (AvgIpc) is 2.67. The molecule has 2 aromatic carbocycles. The summed E-state index contributed by atoms with van der Waals surface area (Å²) in [6.07, 6.45) is 5.73. The van der Waals surface area contributed by atoms with E-state index in [-0.39, 0.29) is 11.0 Å². The number of rotatable bonds is 6. The van der Waals surface area contributed by atoms with Gasteiger partial charge in [-0.3, -0.25) is 0 Å². The summed E-state index contributed by atoms with van der Waals surface area (Å²) in [6.45, 7) is 16.1. The quantitative estimate of drug-likeness (QED) is 0.482. The number of hydrogen-bond acceptors (Lipinski definition) is 1. The van der Waals surface area contributed by atoms with Crippen LogP contribution in [-0.2, 0) is 5.41 Å². The Hall–Kier alpha value is -1.76. The predicted molar refractivity (Wildman–Crippen MR) is 125 cm³/mol. The van der Waals surface area contributed by atoms with E-state index < -0.39 is 0 Å². The highest BCUT2D eigenvalue weighted by molar-refractivity contribution is 5.43. The van der Waals surface area contributed by atoms with Gasteiger partial charge in [-0.25, -0.2) is 0 Å². The van der Waals surface area contributed by atoms with E-state index in [0.717, 1.165) is 18.6 Å². The molecule has 158 valence electrons. The number of ether oxygens (including phenoxy) is 1. The van der Waals surface area contributed by atoms with Crippen LogP contribution in [0.1, 0.15) is 90.3 Å². The monoisotopic (exact) mass is 392 g/mol. The number of benzene rings is 2. The molecule has 0 radical (unpaired) electrons. The van der Waals surface area contributed by atoms with Crippen molar-refractivity contribution in [3.05, 3.63) is 65.2 Å². The Kier molecular flexibility index (Phi) is 6.18. The topological polar surface area (TPSA) is 9.23 Å². The SMILES string of the molecule is CCC(C)(CC)Oc1ccc(C2(c3ccc(C)cc3)CC(C)CC(C)(C)C2)cc1. The molecule has 0 N–H and O–H groups in total. The van der Waals surface area contributed by atoms with Crippen LogP contribution in [0.3, 0.4) is 0 Å². The molecule has 1 aliphatic carbocycles. The fourth-order valence-corrected chi connectivity index (χ4v) is 5.57. The van der Waals surface area contributed by atoms with Crippen LogP contribution >= 0.6 is 0 Å². The molecule has 0 aromatic heterocycles. The molecule has 0 heterocycles. The van der Waals surface area contributed by atoms with Crippen LogP contribution in [0.4, 0.5) is 0 Å². The van der Waals surface area contributed by atoms with E-state index >= 15 is 0 Å². The minimum absolute atomic E-state index is 0.0756. The maximum Gasteiger partial charge on any atom is 0.120 e. The molecule has 2 unspecified atom stereocenters. The fraction of sp³-hybridized carbons (Fsp3) is 0.571. The molecule has 2 atom stereocenters. The summed E-state index contributed by atoms with van der Waals surface area (Å²) in [5.74, 6) is 1.70. The predicted octanol–water partition coefficient (Wildman–Crippen LogP) is 8.08. The largest absolute Gasteiger partial charge is 0.488 e. The molecule has 0 aliphatic heterocycles. The summed E-state index contributed by atoms with van der Waals surface area (Å²) in [4.78, 5) is 0. The van der Waals surface area contributed by atoms with Gasteiger partial charge in [-0.15, -0.1) is 0 Å². The minimum Gasteiger partial charge on any atom is -0.488 e. The molecule has 1 saturated carbocycles. The third-order valence-corrected chi connectivity index (χ3v) is 7.25. The van der Waals surface area contributed by atoms with Gasteiger partial charge in [0.1, 0.15) is 11.4 Å². The fourth-order valence-electron chi connectivity index (χ4n) is 5.57. The van der Waals surface area contributed by atoms with Gasteiger partial charge < -0.3 is 4.74 Å². The van der Waals surface area contributed by atoms with Crippen LogP contribution in [0, 0.1) is 18.3 Å². The maximum absolute atomic E-state index is 6.36. The first kappa shape index (κ1) is 21.9. The van der Waals surface area contributed by atoms with Crippen molar-refractivity contribution < 1.29 is 4.74 Å². The van der Waals surface area contributed by atoms with E-state index in [0.29, 0.717) is 11.3 Å². The number of hydrogen-bond donors (Lipinski definition) is 0. The Morgan fingerprint density at radius 1 is 0.897 bits per heavy atom. The van der Waals surface area contributed by atoms with Crippen molar-refractivity contribution in [3.63, 3.8) is 0 Å². The highest BCUT2D eigenvalue weighted by Gasteiger charge is 2.45. The van der Waals surface area contributed by atoms with Crippen molar-refractivity contribution in [3.8, 4) is 5.75 Å². The molecular weight excluding hydrogens is 352 g/mol. The van der Waals surface area contributed by atoms with E-state index in [1.165, 1.54) is 36.0 Å². The summed E-state index contributed by atoms with van der Waals surface area (Å²) in [5.41, 5.74) is 4.55. The summed E-state index contributed by atoms with van der Waals surface area (Å²) < 4.78 is 6.36. The molecular formula is C28H40O. The van der Waals surface area contributed by atoms with Crippen molar-refractivity contribution in [1.82, 2.24) is 0 Å². The molecule has 0 spiro atoms. The lowest BCUT2D eigenvalue weighted by Crippen LogP contribution is -2.41. The normalized spacial score (nSPS) is 24.3. The molecule has 0 saturated heterocycles. The molecule has 1 heteroatoms. The van der Waals surface area contributed by atoms with E-state index in [1.807, 2.05) is 0 Å². The highest BCUT2D eigenvalue weighted by Crippen LogP contribution is 2.53. The van der Waals surface area contributed by atoms with Crippen molar-refractivity contribution in [1.29, 1.82) is 0 Å². The Labute approximate surface area is 178 Å². The van der Waals surface area contributed by atoms with Gasteiger partial charge in [0.25, 0.3) is 0 Å². The summed E-state index contributed by atoms with van der Waals surface area (Å²) >= 11 is 0. The zero-order chi connectivity index (χ0) is 21.3. The third kappa shape index (κ3) is 4.71. The highest BCUT2D eigenvalue weighted by atomic mass is 16.5. The molecule has 2 aromatic rings. The zero-order valence-corrected chi connectivity index (χ0v) is 19.6. The average molecular weight is 393 g/mol. The molecule has 29 heavy (non-hydrogen) atoms. The second-order valence-electron chi connectivity index (χ2n) is 10.6. The van der Waals surface area contributed by atoms with Crippen LogP contribution in [-0.4, -0.2) is 5.60 Å². The lowest BCUT2D eigenvalue weighted by Gasteiger charge is -2.48. The van der Waals surface area contributed by atoms with E-state index in [9.17, 15) is 0 Å². The minimum atomic E-state index is -0.0858. The first-order chi connectivity index (χ1) is 13.6. The van der Waals surface area contributed by atoms with Crippen LogP contribution in [0.5, 0.6) is 5.75 Å². The molecule has 1 aliphatic rings. The molecule has 0 amide bonds. The van der Waals surface area contributed by atoms with E-state index in [1.54, 1.807) is 0 Å². The summed E-state index contributed by atoms with van der Waals surface area (Å²) in [7, 11) is 0. The standard InChI is InChI=1S/C28H40O/c1-8-27(7,9-2)29-25-16-14-24(15-17-25)28(23-12-10-21(3)11-13-23)19-22(4)18-26(5,6)20-28/h10-17,22H,8-9,18-20H2,1-7H3. The van der Waals surface area contributed by atoms with Gasteiger partial charge in [0, 0.05) is 5.41 Å². The van der Waals surface area contributed by atoms with Crippen molar-refractivity contribution in [2.45, 2.75) is 91.6 Å². The Bertz CT molecular complexity index is 795. The Morgan fingerprint density at radius 3 is 1.90 bits per heavy atom. The van der Waals surface area contributed by atoms with Gasteiger partial charge >= 0.3 is 0 Å². The second kappa shape index (κ2) is 8.17. The molecule has 1 nitrogen and oxygen atoms in total. The van der Waals surface area contributed by atoms with Gasteiger partial charge in [-0.2, -0.15) is 0 Å². The summed E-state index contributed by atoms with van der Waals surface area (Å²) in [5, 5.41) is 0. The van der Waals surface area contributed by atoms with Crippen LogP contribution in [0.25, 0.3) is 0 Å². The van der Waals surface area contributed by atoms with Crippen LogP contribution in [0.2, 0.25) is 0 Å². The lowest BCUT2D eigenvalue weighted by molar-refractivity contribution is 0.0801. The zero-order valence-electron chi connectivity index (χ0n) is 19.6. The summed E-state index contributed by atoms with van der Waals surface area (Å²) in [6, 6.07) is 18.3. The van der Waals surface area contributed by atoms with Crippen molar-refractivity contribution in [2.24, 2.45) is 11.3 Å². The van der Waals surface area contributed by atoms with Gasteiger partial charge in [0.05, 0.1) is 0 Å². The third-order valence-electron chi connectivity index (χ3n) is 7.25. The maximum atomic E-state index is 6.36. The molecule has 3 rings (SSSR count). The van der Waals surface area contributed by atoms with Crippen molar-refractivity contribution >= 4 is 0 Å². The van der Waals surface area contributed by atoms with Gasteiger partial charge in [-0.1, -0.05) is 76.6 Å². The lowest BCUT2D eigenvalue weighted by atomic mass is 9.55. The number of aryl methyl sites for hydroxylation is 1. The Balaban J connectivity index is 2.02. The van der Waals surface area contributed by atoms with Crippen molar-refractivity contribution in [2.75, 3.05) is 0 Å². The second-order valence-corrected chi connectivity index (χ2v) is 10.6. The molecule has 0 bridgehead atoms. The van der Waals surface area contributed by atoms with Gasteiger partial charge in [-0.05, 0) is 80.5 Å². The first-order valence-corrected chi connectivity index (χ1v) is 11.5. The van der Waals surface area contributed by atoms with Gasteiger partial charge in [0.2, 0.25) is 0 Å². The van der Waals surface area contributed by atoms with Crippen LogP contribution < -0.4 is 4.74 Å². The van der Waals surface area contributed by atoms with E-state index in [4.69, 9.17) is 4.74 Å². The van der Waals surface area contributed by atoms with E-state index in [2.05, 4.69) is 97.0 Å². The van der Waals surface area contributed by atoms with Crippen LogP contribution in [0.15, 0.2) is 48.5 Å². The first-order valence-electron chi connectivity index (χ1n) is 11.5.